The number of rotatable bonds is 3. The van der Waals surface area contributed by atoms with Gasteiger partial charge in [-0.2, -0.15) is 5.10 Å². The maximum absolute atomic E-state index is 4.47. The van der Waals surface area contributed by atoms with Crippen molar-refractivity contribution in [1.82, 2.24) is 20.2 Å². The van der Waals surface area contributed by atoms with Crippen LogP contribution in [0.25, 0.3) is 10.9 Å². The van der Waals surface area contributed by atoms with Crippen molar-refractivity contribution in [3.05, 3.63) is 41.9 Å². The molecule has 0 fully saturated rings. The summed E-state index contributed by atoms with van der Waals surface area (Å²) in [5.41, 5.74) is 3.99. The van der Waals surface area contributed by atoms with Crippen molar-refractivity contribution in [2.75, 3.05) is 5.32 Å². The van der Waals surface area contributed by atoms with Gasteiger partial charge in [-0.05, 0) is 37.6 Å². The van der Waals surface area contributed by atoms with Crippen molar-refractivity contribution < 1.29 is 0 Å². The van der Waals surface area contributed by atoms with E-state index in [-0.39, 0.29) is 0 Å². The minimum absolute atomic E-state index is 0.639. The van der Waals surface area contributed by atoms with Gasteiger partial charge in [-0.1, -0.05) is 6.92 Å². The van der Waals surface area contributed by atoms with Crippen molar-refractivity contribution in [2.24, 2.45) is 0 Å². The van der Waals surface area contributed by atoms with Crippen LogP contribution in [0.2, 0.25) is 0 Å². The van der Waals surface area contributed by atoms with Crippen molar-refractivity contribution >= 4 is 22.5 Å². The third kappa shape index (κ3) is 2.40. The Balaban J connectivity index is 1.93. The molecule has 96 valence electrons. The van der Waals surface area contributed by atoms with E-state index in [4.69, 9.17) is 0 Å². The topological polar surface area (TPSA) is 66.5 Å². The van der Waals surface area contributed by atoms with E-state index in [0.717, 1.165) is 34.4 Å². The van der Waals surface area contributed by atoms with Gasteiger partial charge in [-0.25, -0.2) is 9.97 Å². The molecule has 0 unspecified atom stereocenters. The Hall–Kier alpha value is -2.43. The second-order valence-corrected chi connectivity index (χ2v) is 4.47. The van der Waals surface area contributed by atoms with Crippen LogP contribution >= 0.6 is 0 Å². The van der Waals surface area contributed by atoms with Crippen LogP contribution in [-0.2, 0) is 6.42 Å². The molecule has 0 bridgehead atoms. The maximum Gasteiger partial charge on any atom is 0.227 e. The molecule has 0 radical (unpaired) electrons. The molecule has 0 aliphatic carbocycles. The van der Waals surface area contributed by atoms with E-state index in [1.54, 1.807) is 6.20 Å². The van der Waals surface area contributed by atoms with Gasteiger partial charge in [0.1, 0.15) is 0 Å². The van der Waals surface area contributed by atoms with Crippen LogP contribution in [-0.4, -0.2) is 20.2 Å². The predicted molar refractivity (Wildman–Crippen MR) is 75.5 cm³/mol. The number of aromatic amines is 1. The summed E-state index contributed by atoms with van der Waals surface area (Å²) in [4.78, 5) is 8.87. The number of nitrogens with zero attached hydrogens (tertiary/aromatic N) is 3. The lowest BCUT2D eigenvalue weighted by Gasteiger charge is -2.07. The molecule has 0 amide bonds. The molecule has 5 heteroatoms. The highest BCUT2D eigenvalue weighted by molar-refractivity contribution is 5.82. The molecule has 0 saturated heterocycles. The third-order valence-electron chi connectivity index (χ3n) is 2.97. The molecular formula is C14H15N5. The Morgan fingerprint density at radius 3 is 2.95 bits per heavy atom. The number of anilines is 2. The molecule has 5 nitrogen and oxygen atoms in total. The van der Waals surface area contributed by atoms with E-state index < -0.39 is 0 Å². The van der Waals surface area contributed by atoms with E-state index in [2.05, 4.69) is 32.4 Å². The van der Waals surface area contributed by atoms with Crippen molar-refractivity contribution in [3.63, 3.8) is 0 Å². The summed E-state index contributed by atoms with van der Waals surface area (Å²) in [7, 11) is 0. The van der Waals surface area contributed by atoms with Crippen molar-refractivity contribution in [3.8, 4) is 0 Å². The summed E-state index contributed by atoms with van der Waals surface area (Å²) < 4.78 is 0. The second kappa shape index (κ2) is 4.68. The largest absolute Gasteiger partial charge is 0.324 e. The number of hydrogen-bond donors (Lipinski definition) is 2. The second-order valence-electron chi connectivity index (χ2n) is 4.47. The molecule has 0 aliphatic rings. The fourth-order valence-corrected chi connectivity index (χ4v) is 2.02. The highest BCUT2D eigenvalue weighted by Crippen LogP contribution is 2.19. The zero-order valence-electron chi connectivity index (χ0n) is 10.9. The van der Waals surface area contributed by atoms with Gasteiger partial charge < -0.3 is 5.32 Å². The van der Waals surface area contributed by atoms with Crippen LogP contribution in [0.4, 0.5) is 11.6 Å². The summed E-state index contributed by atoms with van der Waals surface area (Å²) >= 11 is 0. The first-order valence-corrected chi connectivity index (χ1v) is 6.29. The minimum atomic E-state index is 0.639. The van der Waals surface area contributed by atoms with Gasteiger partial charge in [0.15, 0.2) is 0 Å². The van der Waals surface area contributed by atoms with E-state index in [9.17, 15) is 0 Å². The SMILES string of the molecule is CCc1cc(C)nc(Nc2ccc3[nH]ncc3c2)n1. The maximum atomic E-state index is 4.47. The van der Waals surface area contributed by atoms with Crippen LogP contribution in [0.1, 0.15) is 18.3 Å². The molecule has 0 saturated carbocycles. The lowest BCUT2D eigenvalue weighted by Crippen LogP contribution is -2.01. The normalized spacial score (nSPS) is 10.8. The Morgan fingerprint density at radius 1 is 1.21 bits per heavy atom. The minimum Gasteiger partial charge on any atom is -0.324 e. The highest BCUT2D eigenvalue weighted by atomic mass is 15.1. The molecule has 2 N–H and O–H groups in total. The number of aromatic nitrogens is 4. The van der Waals surface area contributed by atoms with Crippen LogP contribution in [0.15, 0.2) is 30.5 Å². The van der Waals surface area contributed by atoms with Gasteiger partial charge in [0.2, 0.25) is 5.95 Å². The lowest BCUT2D eigenvalue weighted by atomic mass is 10.2. The average molecular weight is 253 g/mol. The number of benzene rings is 1. The first-order chi connectivity index (χ1) is 9.24. The van der Waals surface area contributed by atoms with Crippen LogP contribution in [0, 0.1) is 6.92 Å². The van der Waals surface area contributed by atoms with Gasteiger partial charge in [0, 0.05) is 22.5 Å². The van der Waals surface area contributed by atoms with E-state index in [0.29, 0.717) is 5.95 Å². The Labute approximate surface area is 111 Å². The number of aryl methyl sites for hydroxylation is 2. The zero-order chi connectivity index (χ0) is 13.2. The standard InChI is InChI=1S/C14H15N5/c1-3-11-6-9(2)16-14(17-11)18-12-4-5-13-10(7-12)8-15-19-13/h4-8H,3H2,1-2H3,(H,15,19)(H,16,17,18). The van der Waals surface area contributed by atoms with Gasteiger partial charge >= 0.3 is 0 Å². The van der Waals surface area contributed by atoms with E-state index in [1.807, 2.05) is 31.2 Å². The summed E-state index contributed by atoms with van der Waals surface area (Å²) in [6.07, 6.45) is 2.70. The molecule has 0 aliphatic heterocycles. The van der Waals surface area contributed by atoms with Crippen LogP contribution in [0.3, 0.4) is 0 Å². The molecule has 2 aromatic heterocycles. The molecule has 3 aromatic rings. The Morgan fingerprint density at radius 2 is 2.11 bits per heavy atom. The molecule has 3 rings (SSSR count). The smallest absolute Gasteiger partial charge is 0.227 e. The third-order valence-corrected chi connectivity index (χ3v) is 2.97. The van der Waals surface area contributed by atoms with Gasteiger partial charge in [0.05, 0.1) is 11.7 Å². The summed E-state index contributed by atoms with van der Waals surface area (Å²) in [6, 6.07) is 8.00. The summed E-state index contributed by atoms with van der Waals surface area (Å²) in [5, 5.41) is 11.2. The van der Waals surface area contributed by atoms with E-state index >= 15 is 0 Å². The number of fused-ring (bicyclic) bond motifs is 1. The molecule has 19 heavy (non-hydrogen) atoms. The van der Waals surface area contributed by atoms with Gasteiger partial charge in [-0.3, -0.25) is 5.10 Å². The predicted octanol–water partition coefficient (Wildman–Crippen LogP) is 2.97. The fraction of sp³-hybridized carbons (Fsp3) is 0.214. The Bertz CT molecular complexity index is 717. The monoisotopic (exact) mass is 253 g/mol. The van der Waals surface area contributed by atoms with Crippen LogP contribution in [0.5, 0.6) is 0 Å². The first-order valence-electron chi connectivity index (χ1n) is 6.29. The van der Waals surface area contributed by atoms with Gasteiger partial charge in [-0.15, -0.1) is 0 Å². The lowest BCUT2D eigenvalue weighted by molar-refractivity contribution is 0.982. The molecule has 1 aromatic carbocycles. The fourth-order valence-electron chi connectivity index (χ4n) is 2.02. The molecule has 0 atom stereocenters. The van der Waals surface area contributed by atoms with Crippen molar-refractivity contribution in [2.45, 2.75) is 20.3 Å². The molecule has 2 heterocycles. The summed E-state index contributed by atoms with van der Waals surface area (Å²) in [5.74, 6) is 0.639. The average Bonchev–Trinajstić information content (AvgIpc) is 2.85. The molecule has 0 spiro atoms. The van der Waals surface area contributed by atoms with Crippen molar-refractivity contribution in [1.29, 1.82) is 0 Å². The summed E-state index contributed by atoms with van der Waals surface area (Å²) in [6.45, 7) is 4.06. The van der Waals surface area contributed by atoms with Gasteiger partial charge in [0.25, 0.3) is 0 Å². The first kappa shape index (κ1) is 11.6. The number of hydrogen-bond acceptors (Lipinski definition) is 4. The van der Waals surface area contributed by atoms with Crippen LogP contribution < -0.4 is 5.32 Å². The zero-order valence-corrected chi connectivity index (χ0v) is 10.9. The quantitative estimate of drug-likeness (QED) is 0.753. The number of nitrogens with one attached hydrogen (secondary N) is 2. The highest BCUT2D eigenvalue weighted by Gasteiger charge is 2.03. The number of H-pyrrole nitrogens is 1. The Kier molecular flexibility index (Phi) is 2.87. The van der Waals surface area contributed by atoms with E-state index in [1.165, 1.54) is 0 Å². The molecular weight excluding hydrogens is 238 g/mol.